The highest BCUT2D eigenvalue weighted by atomic mass is 16.2. The highest BCUT2D eigenvalue weighted by molar-refractivity contribution is 5.97. The molecule has 2 aromatic carbocycles. The van der Waals surface area contributed by atoms with Crippen LogP contribution >= 0.6 is 0 Å². The first-order valence-corrected chi connectivity index (χ1v) is 9.46. The summed E-state index contributed by atoms with van der Waals surface area (Å²) in [4.78, 5) is 26.8. The average molecular weight is 348 g/mol. The van der Waals surface area contributed by atoms with Crippen LogP contribution in [-0.4, -0.2) is 29.3 Å². The third-order valence-corrected chi connectivity index (χ3v) is 5.55. The van der Waals surface area contributed by atoms with Gasteiger partial charge in [0.15, 0.2) is 0 Å². The molecule has 0 bridgehead atoms. The Kier molecular flexibility index (Phi) is 4.74. The molecule has 1 aliphatic carbocycles. The van der Waals surface area contributed by atoms with Gasteiger partial charge in [-0.3, -0.25) is 9.59 Å². The summed E-state index contributed by atoms with van der Waals surface area (Å²) in [7, 11) is 0. The van der Waals surface area contributed by atoms with Crippen LogP contribution in [0.5, 0.6) is 0 Å². The molecule has 0 spiro atoms. The monoisotopic (exact) mass is 348 g/mol. The van der Waals surface area contributed by atoms with E-state index in [-0.39, 0.29) is 17.7 Å². The molecule has 2 aromatic rings. The topological polar surface area (TPSA) is 49.4 Å². The van der Waals surface area contributed by atoms with Crippen molar-refractivity contribution in [2.45, 2.75) is 38.1 Å². The van der Waals surface area contributed by atoms with Gasteiger partial charge in [-0.1, -0.05) is 55.3 Å². The average Bonchev–Trinajstić information content (AvgIpc) is 3.32. The van der Waals surface area contributed by atoms with Crippen LogP contribution in [0.4, 0.5) is 5.69 Å². The number of rotatable bonds is 4. The molecule has 4 rings (SSSR count). The van der Waals surface area contributed by atoms with Gasteiger partial charge in [-0.15, -0.1) is 0 Å². The molecule has 1 atom stereocenters. The largest absolute Gasteiger partial charge is 0.339 e. The predicted octanol–water partition coefficient (Wildman–Crippen LogP) is 4.08. The molecule has 4 nitrogen and oxygen atoms in total. The van der Waals surface area contributed by atoms with Gasteiger partial charge in [0.25, 0.3) is 0 Å². The lowest BCUT2D eigenvalue weighted by Gasteiger charge is -2.23. The molecule has 1 saturated heterocycles. The molecule has 2 fully saturated rings. The first kappa shape index (κ1) is 16.8. The van der Waals surface area contributed by atoms with Crippen molar-refractivity contribution in [2.24, 2.45) is 5.92 Å². The standard InChI is InChI=1S/C22H24N2O2/c25-21-14-18(15-24(21)20-8-4-5-9-20)22(26)23-19-12-10-17(11-13-19)16-6-2-1-3-7-16/h1-3,6-7,10-13,18,20H,4-5,8-9,14-15H2,(H,23,26)/t18-/m0/s1. The van der Waals surface area contributed by atoms with E-state index < -0.39 is 0 Å². The summed E-state index contributed by atoms with van der Waals surface area (Å²) in [5.74, 6) is -0.153. The number of anilines is 1. The van der Waals surface area contributed by atoms with Crippen LogP contribution in [0.3, 0.4) is 0 Å². The number of likely N-dealkylation sites (tertiary alicyclic amines) is 1. The van der Waals surface area contributed by atoms with Crippen molar-refractivity contribution in [1.29, 1.82) is 0 Å². The van der Waals surface area contributed by atoms with E-state index in [1.54, 1.807) is 0 Å². The maximum absolute atomic E-state index is 12.6. The molecule has 0 unspecified atom stereocenters. The molecule has 0 radical (unpaired) electrons. The molecule has 2 aliphatic rings. The van der Waals surface area contributed by atoms with Crippen LogP contribution in [0.15, 0.2) is 54.6 Å². The van der Waals surface area contributed by atoms with Crippen LogP contribution < -0.4 is 5.32 Å². The fourth-order valence-electron chi connectivity index (χ4n) is 4.10. The summed E-state index contributed by atoms with van der Waals surface area (Å²) in [6.07, 6.45) is 4.89. The number of benzene rings is 2. The van der Waals surface area contributed by atoms with E-state index >= 15 is 0 Å². The third kappa shape index (κ3) is 3.50. The Labute approximate surface area is 154 Å². The number of nitrogens with zero attached hydrogens (tertiary/aromatic N) is 1. The molecule has 4 heteroatoms. The second-order valence-corrected chi connectivity index (χ2v) is 7.32. The molecular formula is C22H24N2O2. The van der Waals surface area contributed by atoms with E-state index in [0.29, 0.717) is 19.0 Å². The van der Waals surface area contributed by atoms with Gasteiger partial charge in [0.05, 0.1) is 5.92 Å². The third-order valence-electron chi connectivity index (χ3n) is 5.55. The van der Waals surface area contributed by atoms with Crippen molar-refractivity contribution < 1.29 is 9.59 Å². The summed E-state index contributed by atoms with van der Waals surface area (Å²) < 4.78 is 0. The zero-order valence-corrected chi connectivity index (χ0v) is 14.9. The summed E-state index contributed by atoms with van der Waals surface area (Å²) in [6.45, 7) is 0.567. The van der Waals surface area contributed by atoms with E-state index in [4.69, 9.17) is 0 Å². The zero-order chi connectivity index (χ0) is 17.9. The lowest BCUT2D eigenvalue weighted by atomic mass is 10.0. The quantitative estimate of drug-likeness (QED) is 0.905. The van der Waals surface area contributed by atoms with Crippen molar-refractivity contribution in [2.75, 3.05) is 11.9 Å². The van der Waals surface area contributed by atoms with Gasteiger partial charge in [-0.05, 0) is 36.1 Å². The summed E-state index contributed by atoms with van der Waals surface area (Å²) >= 11 is 0. The van der Waals surface area contributed by atoms with Gasteiger partial charge < -0.3 is 10.2 Å². The number of carbonyl (C=O) groups excluding carboxylic acids is 2. The Morgan fingerprint density at radius 3 is 2.27 bits per heavy atom. The van der Waals surface area contributed by atoms with Crippen LogP contribution in [0.25, 0.3) is 11.1 Å². The molecule has 1 heterocycles. The molecule has 1 aliphatic heterocycles. The number of carbonyl (C=O) groups is 2. The highest BCUT2D eigenvalue weighted by Gasteiger charge is 2.38. The van der Waals surface area contributed by atoms with Crippen molar-refractivity contribution in [3.05, 3.63) is 54.6 Å². The van der Waals surface area contributed by atoms with Crippen molar-refractivity contribution in [1.82, 2.24) is 4.90 Å². The van der Waals surface area contributed by atoms with Gasteiger partial charge in [0, 0.05) is 24.7 Å². The zero-order valence-electron chi connectivity index (χ0n) is 14.9. The molecule has 0 aromatic heterocycles. The van der Waals surface area contributed by atoms with Gasteiger partial charge >= 0.3 is 0 Å². The minimum absolute atomic E-state index is 0.0497. The van der Waals surface area contributed by atoms with Crippen molar-refractivity contribution in [3.63, 3.8) is 0 Å². The maximum Gasteiger partial charge on any atom is 0.229 e. The van der Waals surface area contributed by atoms with Gasteiger partial charge in [0.1, 0.15) is 0 Å². The van der Waals surface area contributed by atoms with E-state index in [2.05, 4.69) is 17.4 Å². The van der Waals surface area contributed by atoms with E-state index in [0.717, 1.165) is 29.7 Å². The maximum atomic E-state index is 12.6. The van der Waals surface area contributed by atoms with E-state index in [1.807, 2.05) is 47.4 Å². The highest BCUT2D eigenvalue weighted by Crippen LogP contribution is 2.30. The fraction of sp³-hybridized carbons (Fsp3) is 0.364. The van der Waals surface area contributed by atoms with Gasteiger partial charge in [-0.2, -0.15) is 0 Å². The fourth-order valence-corrected chi connectivity index (χ4v) is 4.10. The van der Waals surface area contributed by atoms with E-state index in [9.17, 15) is 9.59 Å². The van der Waals surface area contributed by atoms with Gasteiger partial charge in [0.2, 0.25) is 11.8 Å². The summed E-state index contributed by atoms with van der Waals surface area (Å²) in [6, 6.07) is 18.4. The first-order chi connectivity index (χ1) is 12.7. The minimum atomic E-state index is -0.239. The van der Waals surface area contributed by atoms with Gasteiger partial charge in [-0.25, -0.2) is 0 Å². The van der Waals surface area contributed by atoms with Crippen molar-refractivity contribution in [3.8, 4) is 11.1 Å². The van der Waals surface area contributed by atoms with Crippen molar-refractivity contribution >= 4 is 17.5 Å². The smallest absolute Gasteiger partial charge is 0.229 e. The molecule has 2 amide bonds. The molecular weight excluding hydrogens is 324 g/mol. The number of nitrogens with one attached hydrogen (secondary N) is 1. The Hall–Kier alpha value is -2.62. The Morgan fingerprint density at radius 1 is 0.923 bits per heavy atom. The Bertz CT molecular complexity index is 780. The summed E-state index contributed by atoms with van der Waals surface area (Å²) in [5, 5.41) is 2.98. The van der Waals surface area contributed by atoms with Crippen LogP contribution in [-0.2, 0) is 9.59 Å². The molecule has 26 heavy (non-hydrogen) atoms. The summed E-state index contributed by atoms with van der Waals surface area (Å²) in [5.41, 5.74) is 3.05. The lowest BCUT2D eigenvalue weighted by molar-refractivity contribution is -0.129. The molecule has 1 saturated carbocycles. The number of hydrogen-bond donors (Lipinski definition) is 1. The van der Waals surface area contributed by atoms with Crippen LogP contribution in [0.1, 0.15) is 32.1 Å². The second-order valence-electron chi connectivity index (χ2n) is 7.32. The lowest BCUT2D eigenvalue weighted by Crippen LogP contribution is -2.35. The second kappa shape index (κ2) is 7.32. The molecule has 1 N–H and O–H groups in total. The van der Waals surface area contributed by atoms with Crippen LogP contribution in [0.2, 0.25) is 0 Å². The number of hydrogen-bond acceptors (Lipinski definition) is 2. The normalized spacial score (nSPS) is 20.5. The SMILES string of the molecule is O=C(Nc1ccc(-c2ccccc2)cc1)[C@H]1CC(=O)N(C2CCCC2)C1. The molecule has 134 valence electrons. The first-order valence-electron chi connectivity index (χ1n) is 9.46. The Balaban J connectivity index is 1.38. The van der Waals surface area contributed by atoms with Crippen LogP contribution in [0, 0.1) is 5.92 Å². The predicted molar refractivity (Wildman–Crippen MR) is 103 cm³/mol. The Morgan fingerprint density at radius 2 is 1.58 bits per heavy atom. The minimum Gasteiger partial charge on any atom is -0.339 e. The van der Waals surface area contributed by atoms with E-state index in [1.165, 1.54) is 12.8 Å². The number of amides is 2.